The Hall–Kier alpha value is -1.42. The average molecular weight is 310 g/mol. The molecule has 0 bridgehead atoms. The lowest BCUT2D eigenvalue weighted by Gasteiger charge is -2.21. The van der Waals surface area contributed by atoms with Crippen molar-refractivity contribution in [1.29, 1.82) is 0 Å². The molecule has 0 aromatic carbocycles. The maximum atomic E-state index is 6.10. The highest BCUT2D eigenvalue weighted by molar-refractivity contribution is 6.87. The summed E-state index contributed by atoms with van der Waals surface area (Å²) in [6.45, 7) is 13.3. The van der Waals surface area contributed by atoms with Crippen molar-refractivity contribution in [2.75, 3.05) is 12.8 Å². The molecule has 0 aliphatic rings. The molecule has 0 saturated heterocycles. The third-order valence-electron chi connectivity index (χ3n) is 3.04. The molecule has 0 aliphatic carbocycles. The van der Waals surface area contributed by atoms with Crippen LogP contribution in [0.5, 0.6) is 5.88 Å². The molecule has 0 amide bonds. The molecule has 2 aromatic rings. The minimum Gasteiger partial charge on any atom is -0.479 e. The second-order valence-electron chi connectivity index (χ2n) is 6.95. The van der Waals surface area contributed by atoms with Crippen molar-refractivity contribution in [2.45, 2.75) is 39.3 Å². The summed E-state index contributed by atoms with van der Waals surface area (Å²) in [6, 6.07) is 0. The van der Waals surface area contributed by atoms with E-state index in [1.165, 1.54) is 0 Å². The van der Waals surface area contributed by atoms with Crippen LogP contribution >= 0.6 is 0 Å². The Bertz CT molecular complexity index is 654. The van der Waals surface area contributed by atoms with Crippen molar-refractivity contribution in [2.24, 2.45) is 0 Å². The van der Waals surface area contributed by atoms with E-state index in [9.17, 15) is 0 Å². The van der Waals surface area contributed by atoms with Gasteiger partial charge in [0.25, 0.3) is 0 Å². The molecule has 0 atom stereocenters. The van der Waals surface area contributed by atoms with Gasteiger partial charge in [0, 0.05) is 0 Å². The van der Waals surface area contributed by atoms with Gasteiger partial charge in [0.15, 0.2) is 25.3 Å². The standard InChI is InChI=1S/C12H23N5OSi2/c1-18-10-8-9(15-12(16-10)19(2,3)4)17(11(13)14-8)20(5,6)7/h1-7H3,(H2,13,14). The highest BCUT2D eigenvalue weighted by Gasteiger charge is 2.29. The zero-order valence-corrected chi connectivity index (χ0v) is 15.3. The quantitative estimate of drug-likeness (QED) is 0.872. The largest absolute Gasteiger partial charge is 0.479 e. The first-order chi connectivity index (χ1) is 9.05. The van der Waals surface area contributed by atoms with Crippen LogP contribution in [0.2, 0.25) is 39.3 Å². The minimum absolute atomic E-state index is 0.500. The van der Waals surface area contributed by atoms with E-state index >= 15 is 0 Å². The van der Waals surface area contributed by atoms with Crippen LogP contribution in [0, 0.1) is 0 Å². The van der Waals surface area contributed by atoms with Gasteiger partial charge in [-0.3, -0.25) is 0 Å². The molecule has 110 valence electrons. The van der Waals surface area contributed by atoms with Crippen molar-refractivity contribution in [3.8, 4) is 5.88 Å². The fraction of sp³-hybridized carbons (Fsp3) is 0.583. The molecule has 2 aromatic heterocycles. The van der Waals surface area contributed by atoms with Gasteiger partial charge in [-0.2, -0.15) is 0 Å². The smallest absolute Gasteiger partial charge is 0.245 e. The Morgan fingerprint density at radius 3 is 2.05 bits per heavy atom. The van der Waals surface area contributed by atoms with Crippen LogP contribution in [0.15, 0.2) is 0 Å². The third-order valence-corrected chi connectivity index (χ3v) is 6.38. The van der Waals surface area contributed by atoms with Gasteiger partial charge in [-0.05, 0) is 0 Å². The third kappa shape index (κ3) is 2.45. The van der Waals surface area contributed by atoms with Crippen LogP contribution in [-0.2, 0) is 0 Å². The monoisotopic (exact) mass is 309 g/mol. The predicted molar refractivity (Wildman–Crippen MR) is 88.0 cm³/mol. The fourth-order valence-corrected chi connectivity index (χ4v) is 4.50. The molecular formula is C12H23N5OSi2. The maximum absolute atomic E-state index is 6.10. The van der Waals surface area contributed by atoms with Gasteiger partial charge in [-0.15, -0.1) is 0 Å². The summed E-state index contributed by atoms with van der Waals surface area (Å²) in [7, 11) is -1.74. The summed E-state index contributed by atoms with van der Waals surface area (Å²) in [5, 5.41) is 0. The molecule has 0 saturated carbocycles. The number of ether oxygens (including phenoxy) is 1. The van der Waals surface area contributed by atoms with Crippen molar-refractivity contribution in [1.82, 2.24) is 19.2 Å². The summed E-state index contributed by atoms with van der Waals surface area (Å²) in [4.78, 5) is 13.7. The number of nitrogens with two attached hydrogens (primary N) is 1. The van der Waals surface area contributed by atoms with Crippen LogP contribution in [0.4, 0.5) is 5.95 Å². The van der Waals surface area contributed by atoms with E-state index in [0.717, 1.165) is 11.1 Å². The van der Waals surface area contributed by atoms with Gasteiger partial charge < -0.3 is 14.7 Å². The number of aromatic nitrogens is 4. The molecular weight excluding hydrogens is 286 g/mol. The lowest BCUT2D eigenvalue weighted by molar-refractivity contribution is 0.403. The van der Waals surface area contributed by atoms with E-state index in [0.29, 0.717) is 17.3 Å². The molecule has 20 heavy (non-hydrogen) atoms. The number of nitrogens with zero attached hydrogens (tertiary/aromatic N) is 4. The highest BCUT2D eigenvalue weighted by Crippen LogP contribution is 2.26. The number of fused-ring (bicyclic) bond motifs is 1. The maximum Gasteiger partial charge on any atom is 0.245 e. The van der Waals surface area contributed by atoms with Crippen molar-refractivity contribution in [3.63, 3.8) is 0 Å². The van der Waals surface area contributed by atoms with Gasteiger partial charge in [-0.1, -0.05) is 39.3 Å². The fourth-order valence-electron chi connectivity index (χ4n) is 2.09. The number of imidazole rings is 1. The second kappa shape index (κ2) is 4.55. The van der Waals surface area contributed by atoms with E-state index in [-0.39, 0.29) is 0 Å². The van der Waals surface area contributed by atoms with Gasteiger partial charge in [-0.25, -0.2) is 15.0 Å². The first-order valence-electron chi connectivity index (χ1n) is 6.66. The molecule has 2 heterocycles. The normalized spacial score (nSPS) is 12.9. The molecule has 2 N–H and O–H groups in total. The van der Waals surface area contributed by atoms with Crippen molar-refractivity contribution >= 4 is 38.9 Å². The van der Waals surface area contributed by atoms with Gasteiger partial charge >= 0.3 is 0 Å². The van der Waals surface area contributed by atoms with Crippen LogP contribution in [-0.4, -0.2) is 42.6 Å². The molecule has 0 fully saturated rings. The molecule has 6 nitrogen and oxygen atoms in total. The molecule has 0 aliphatic heterocycles. The number of anilines is 1. The summed E-state index contributed by atoms with van der Waals surface area (Å²) >= 11 is 0. The van der Waals surface area contributed by atoms with Crippen LogP contribution in [0.3, 0.4) is 0 Å². The number of nitrogen functional groups attached to an aromatic ring is 1. The van der Waals surface area contributed by atoms with Crippen molar-refractivity contribution in [3.05, 3.63) is 0 Å². The Morgan fingerprint density at radius 1 is 1.00 bits per heavy atom. The lowest BCUT2D eigenvalue weighted by Crippen LogP contribution is -2.43. The summed E-state index contributed by atoms with van der Waals surface area (Å²) in [6.07, 6.45) is 0. The Labute approximate surface area is 121 Å². The molecule has 2 rings (SSSR count). The first-order valence-corrected chi connectivity index (χ1v) is 13.6. The summed E-state index contributed by atoms with van der Waals surface area (Å²) < 4.78 is 7.48. The SMILES string of the molecule is COc1nc([Si](C)(C)C)nc2c1nc(N)n2[Si](C)(C)C. The Kier molecular flexibility index (Phi) is 3.41. The minimum atomic E-state index is -1.71. The molecule has 8 heteroatoms. The highest BCUT2D eigenvalue weighted by atomic mass is 28.3. The lowest BCUT2D eigenvalue weighted by atomic mass is 10.5. The average Bonchev–Trinajstić information content (AvgIpc) is 2.61. The van der Waals surface area contributed by atoms with Crippen LogP contribution in [0.1, 0.15) is 0 Å². The predicted octanol–water partition coefficient (Wildman–Crippen LogP) is 1.65. The van der Waals surface area contributed by atoms with Gasteiger partial charge in [0.05, 0.1) is 7.11 Å². The number of methoxy groups -OCH3 is 1. The number of hydrogen-bond donors (Lipinski definition) is 1. The van der Waals surface area contributed by atoms with E-state index in [1.54, 1.807) is 7.11 Å². The molecule has 0 unspecified atom stereocenters. The van der Waals surface area contributed by atoms with Crippen molar-refractivity contribution < 1.29 is 4.74 Å². The zero-order valence-electron chi connectivity index (χ0n) is 13.3. The van der Waals surface area contributed by atoms with E-state index in [4.69, 9.17) is 15.5 Å². The number of hydrogen-bond acceptors (Lipinski definition) is 5. The summed E-state index contributed by atoms with van der Waals surface area (Å²) in [5.74, 6) is 1.02. The summed E-state index contributed by atoms with van der Waals surface area (Å²) in [5.41, 5.74) is 8.45. The zero-order chi connectivity index (χ0) is 15.3. The van der Waals surface area contributed by atoms with E-state index in [1.807, 2.05) is 0 Å². The number of rotatable bonds is 3. The first kappa shape index (κ1) is 15.0. The van der Waals surface area contributed by atoms with Crippen LogP contribution in [0.25, 0.3) is 11.2 Å². The second-order valence-corrected chi connectivity index (χ2v) is 16.7. The Balaban J connectivity index is 2.88. The van der Waals surface area contributed by atoms with Gasteiger partial charge in [0.1, 0.15) is 13.5 Å². The van der Waals surface area contributed by atoms with E-state index in [2.05, 4.69) is 53.5 Å². The molecule has 0 radical (unpaired) electrons. The van der Waals surface area contributed by atoms with Gasteiger partial charge in [0.2, 0.25) is 5.88 Å². The molecule has 0 spiro atoms. The Morgan fingerprint density at radius 2 is 1.60 bits per heavy atom. The van der Waals surface area contributed by atoms with E-state index < -0.39 is 16.3 Å². The topological polar surface area (TPSA) is 78.8 Å². The van der Waals surface area contributed by atoms with Crippen LogP contribution < -0.4 is 15.9 Å².